The Morgan fingerprint density at radius 1 is 1.14 bits per heavy atom. The molecule has 0 aliphatic heterocycles. The third-order valence-corrected chi connectivity index (χ3v) is 5.65. The molecule has 0 spiro atoms. The van der Waals surface area contributed by atoms with Crippen LogP contribution in [0.3, 0.4) is 0 Å². The summed E-state index contributed by atoms with van der Waals surface area (Å²) in [7, 11) is 1.89. The molecule has 1 saturated carbocycles. The quantitative estimate of drug-likeness (QED) is 0.692. The van der Waals surface area contributed by atoms with Crippen molar-refractivity contribution in [1.82, 2.24) is 0 Å². The Morgan fingerprint density at radius 2 is 1.81 bits per heavy atom. The van der Waals surface area contributed by atoms with Crippen LogP contribution in [0.1, 0.15) is 32.1 Å². The third-order valence-electron chi connectivity index (χ3n) is 3.82. The summed E-state index contributed by atoms with van der Waals surface area (Å²) in [6, 6.07) is 4.97. The van der Waals surface area contributed by atoms with Gasteiger partial charge in [-0.25, -0.2) is 8.42 Å². The van der Waals surface area contributed by atoms with Gasteiger partial charge in [-0.15, -0.1) is 0 Å². The molecule has 0 N–H and O–H groups in total. The molecule has 0 bridgehead atoms. The van der Waals surface area contributed by atoms with Gasteiger partial charge in [-0.2, -0.15) is 0 Å². The molecule has 0 heterocycles. The molecule has 3 nitrogen and oxygen atoms in total. The van der Waals surface area contributed by atoms with Crippen LogP contribution in [-0.4, -0.2) is 20.8 Å². The Kier molecular flexibility index (Phi) is 5.69. The van der Waals surface area contributed by atoms with Crippen LogP contribution >= 0.6 is 33.9 Å². The number of rotatable bonds is 5. The molecule has 118 valence electrons. The summed E-state index contributed by atoms with van der Waals surface area (Å²) in [5.74, 6) is 0.404. The van der Waals surface area contributed by atoms with E-state index in [2.05, 4.69) is 0 Å². The molecular weight excluding hydrogens is 355 g/mol. The largest absolute Gasteiger partial charge is 0.491 e. The van der Waals surface area contributed by atoms with Crippen molar-refractivity contribution < 1.29 is 13.2 Å². The van der Waals surface area contributed by atoms with Gasteiger partial charge in [0, 0.05) is 27.2 Å². The number of benzene rings is 1. The number of hydrogen-bond donors (Lipinski definition) is 0. The molecule has 7 heteroatoms. The van der Waals surface area contributed by atoms with E-state index in [-0.39, 0.29) is 12.4 Å². The van der Waals surface area contributed by atoms with Crippen LogP contribution in [0.5, 0.6) is 5.75 Å². The molecule has 0 atom stereocenters. The Morgan fingerprint density at radius 3 is 2.43 bits per heavy atom. The lowest BCUT2D eigenvalue weighted by molar-refractivity contribution is 0.119. The molecule has 0 radical (unpaired) electrons. The standard InChI is InChI=1S/C14H17Cl3O3S/c15-11-4-5-12(16)13(8-11)20-9-14(10-21(17,18)19)6-2-1-3-7-14/h4-5,8H,1-3,6-7,9-10H2. The van der Waals surface area contributed by atoms with Crippen molar-refractivity contribution in [1.29, 1.82) is 0 Å². The van der Waals surface area contributed by atoms with Gasteiger partial charge in [0.25, 0.3) is 0 Å². The maximum atomic E-state index is 11.5. The van der Waals surface area contributed by atoms with E-state index >= 15 is 0 Å². The molecular formula is C14H17Cl3O3S. The summed E-state index contributed by atoms with van der Waals surface area (Å²) in [5, 5.41) is 0.983. The zero-order chi connectivity index (χ0) is 15.5. The van der Waals surface area contributed by atoms with E-state index in [1.807, 2.05) is 0 Å². The van der Waals surface area contributed by atoms with Crippen LogP contribution in [0.2, 0.25) is 10.0 Å². The fraction of sp³-hybridized carbons (Fsp3) is 0.571. The first kappa shape index (κ1) is 17.2. The molecule has 0 unspecified atom stereocenters. The van der Waals surface area contributed by atoms with E-state index in [4.69, 9.17) is 38.6 Å². The first-order valence-electron chi connectivity index (χ1n) is 6.80. The lowest BCUT2D eigenvalue weighted by atomic mass is 9.76. The molecule has 0 saturated heterocycles. The third kappa shape index (κ3) is 5.20. The second kappa shape index (κ2) is 6.95. The number of hydrogen-bond acceptors (Lipinski definition) is 3. The summed E-state index contributed by atoms with van der Waals surface area (Å²) in [4.78, 5) is 0. The second-order valence-electron chi connectivity index (χ2n) is 5.61. The van der Waals surface area contributed by atoms with Gasteiger partial charge in [-0.1, -0.05) is 42.5 Å². The monoisotopic (exact) mass is 370 g/mol. The Hall–Kier alpha value is -0.160. The van der Waals surface area contributed by atoms with E-state index in [1.54, 1.807) is 18.2 Å². The smallest absolute Gasteiger partial charge is 0.233 e. The predicted octanol–water partition coefficient (Wildman–Crippen LogP) is 4.89. The molecule has 0 amide bonds. The van der Waals surface area contributed by atoms with E-state index in [1.165, 1.54) is 0 Å². The van der Waals surface area contributed by atoms with Crippen molar-refractivity contribution in [3.8, 4) is 5.75 Å². The van der Waals surface area contributed by atoms with Gasteiger partial charge in [-0.05, 0) is 25.0 Å². The molecule has 1 aromatic carbocycles. The van der Waals surface area contributed by atoms with Crippen LogP contribution in [0, 0.1) is 5.41 Å². The van der Waals surface area contributed by atoms with Crippen molar-refractivity contribution in [2.24, 2.45) is 5.41 Å². The summed E-state index contributed by atoms with van der Waals surface area (Å²) >= 11 is 12.0. The van der Waals surface area contributed by atoms with Crippen LogP contribution in [0.15, 0.2) is 18.2 Å². The molecule has 1 aromatic rings. The summed E-state index contributed by atoms with van der Waals surface area (Å²) < 4.78 is 28.8. The van der Waals surface area contributed by atoms with Gasteiger partial charge in [0.15, 0.2) is 0 Å². The van der Waals surface area contributed by atoms with Crippen LogP contribution in [0.25, 0.3) is 0 Å². The minimum absolute atomic E-state index is 0.0697. The lowest BCUT2D eigenvalue weighted by Crippen LogP contribution is -2.36. The molecule has 1 fully saturated rings. The van der Waals surface area contributed by atoms with E-state index in [0.717, 1.165) is 32.1 Å². The van der Waals surface area contributed by atoms with Gasteiger partial charge < -0.3 is 4.74 Å². The van der Waals surface area contributed by atoms with Gasteiger partial charge in [0.1, 0.15) is 5.75 Å². The van der Waals surface area contributed by atoms with Crippen molar-refractivity contribution in [2.75, 3.05) is 12.4 Å². The maximum absolute atomic E-state index is 11.5. The van der Waals surface area contributed by atoms with E-state index in [9.17, 15) is 8.42 Å². The molecule has 21 heavy (non-hydrogen) atoms. The fourth-order valence-corrected chi connectivity index (χ4v) is 4.95. The minimum atomic E-state index is -3.57. The summed E-state index contributed by atoms with van der Waals surface area (Å²) in [6.07, 6.45) is 4.66. The Labute approximate surface area is 139 Å². The number of ether oxygens (including phenoxy) is 1. The van der Waals surface area contributed by atoms with Gasteiger partial charge in [0.2, 0.25) is 9.05 Å². The minimum Gasteiger partial charge on any atom is -0.491 e. The normalized spacial score (nSPS) is 18.4. The van der Waals surface area contributed by atoms with E-state index in [0.29, 0.717) is 15.8 Å². The fourth-order valence-electron chi connectivity index (χ4n) is 2.82. The Balaban J connectivity index is 2.14. The van der Waals surface area contributed by atoms with Crippen molar-refractivity contribution in [2.45, 2.75) is 32.1 Å². The number of halogens is 3. The van der Waals surface area contributed by atoms with Crippen LogP contribution in [0.4, 0.5) is 0 Å². The van der Waals surface area contributed by atoms with Crippen molar-refractivity contribution in [3.63, 3.8) is 0 Å². The Bertz CT molecular complexity index is 595. The SMILES string of the molecule is O=S(=O)(Cl)CC1(COc2cc(Cl)ccc2Cl)CCCCC1. The summed E-state index contributed by atoms with van der Waals surface area (Å²) in [5.41, 5.74) is -0.440. The first-order valence-corrected chi connectivity index (χ1v) is 10.0. The van der Waals surface area contributed by atoms with Gasteiger partial charge >= 0.3 is 0 Å². The van der Waals surface area contributed by atoms with Crippen molar-refractivity contribution in [3.05, 3.63) is 28.2 Å². The zero-order valence-electron chi connectivity index (χ0n) is 11.4. The summed E-state index contributed by atoms with van der Waals surface area (Å²) in [6.45, 7) is 0.277. The zero-order valence-corrected chi connectivity index (χ0v) is 14.5. The highest BCUT2D eigenvalue weighted by Crippen LogP contribution is 2.39. The average molecular weight is 372 g/mol. The van der Waals surface area contributed by atoms with Gasteiger partial charge in [0.05, 0.1) is 17.4 Å². The van der Waals surface area contributed by atoms with Crippen LogP contribution in [-0.2, 0) is 9.05 Å². The average Bonchev–Trinajstić information content (AvgIpc) is 2.39. The highest BCUT2D eigenvalue weighted by molar-refractivity contribution is 8.13. The predicted molar refractivity (Wildman–Crippen MR) is 87.1 cm³/mol. The van der Waals surface area contributed by atoms with Crippen LogP contribution < -0.4 is 4.74 Å². The van der Waals surface area contributed by atoms with Crippen molar-refractivity contribution >= 4 is 42.9 Å². The second-order valence-corrected chi connectivity index (χ2v) is 9.23. The lowest BCUT2D eigenvalue weighted by Gasteiger charge is -2.36. The highest BCUT2D eigenvalue weighted by Gasteiger charge is 2.37. The highest BCUT2D eigenvalue weighted by atomic mass is 35.7. The molecule has 2 rings (SSSR count). The maximum Gasteiger partial charge on any atom is 0.233 e. The molecule has 1 aliphatic rings. The molecule has 1 aliphatic carbocycles. The first-order chi connectivity index (χ1) is 9.80. The topological polar surface area (TPSA) is 43.4 Å². The van der Waals surface area contributed by atoms with Gasteiger partial charge in [-0.3, -0.25) is 0 Å². The molecule has 0 aromatic heterocycles. The van der Waals surface area contributed by atoms with E-state index < -0.39 is 14.5 Å².